The largest absolute Gasteiger partial charge is 0.383 e. The van der Waals surface area contributed by atoms with Gasteiger partial charge in [0.1, 0.15) is 0 Å². The number of halogens is 1. The lowest BCUT2D eigenvalue weighted by Crippen LogP contribution is -2.22. The first kappa shape index (κ1) is 9.76. The van der Waals surface area contributed by atoms with Crippen LogP contribution < -0.4 is 10.6 Å². The monoisotopic (exact) mass is 302 g/mol. The lowest BCUT2D eigenvalue weighted by atomic mass is 10.2. The van der Waals surface area contributed by atoms with Crippen molar-refractivity contribution >= 4 is 39.9 Å². The van der Waals surface area contributed by atoms with Crippen molar-refractivity contribution in [3.05, 3.63) is 21.8 Å². The normalized spacial score (nSPS) is 20.4. The molecule has 1 aromatic carbocycles. The summed E-state index contributed by atoms with van der Waals surface area (Å²) < 4.78 is 1.12. The van der Waals surface area contributed by atoms with Crippen LogP contribution in [0.15, 0.2) is 18.2 Å². The quantitative estimate of drug-likeness (QED) is 0.722. The van der Waals surface area contributed by atoms with Crippen molar-refractivity contribution < 1.29 is 4.79 Å². The van der Waals surface area contributed by atoms with Gasteiger partial charge < -0.3 is 10.6 Å². The summed E-state index contributed by atoms with van der Waals surface area (Å²) in [5.41, 5.74) is 1.88. The summed E-state index contributed by atoms with van der Waals surface area (Å²) in [6.45, 7) is 2.61. The van der Waals surface area contributed by atoms with Crippen LogP contribution in [0.25, 0.3) is 0 Å². The molecule has 0 fully saturated rings. The van der Waals surface area contributed by atoms with Crippen LogP contribution in [0.5, 0.6) is 0 Å². The number of rotatable bonds is 0. The number of amides is 1. The van der Waals surface area contributed by atoms with E-state index in [9.17, 15) is 4.79 Å². The van der Waals surface area contributed by atoms with Gasteiger partial charge in [0.25, 0.3) is 0 Å². The molecular weight excluding hydrogens is 291 g/mol. The third-order valence-electron chi connectivity index (χ3n) is 2.29. The Morgan fingerprint density at radius 1 is 1.43 bits per heavy atom. The Balaban J connectivity index is 2.38. The average Bonchev–Trinajstić information content (AvgIpc) is 2.27. The summed E-state index contributed by atoms with van der Waals surface area (Å²) in [4.78, 5) is 11.5. The number of anilines is 2. The number of carbonyl (C=O) groups is 1. The molecule has 74 valence electrons. The second-order valence-electron chi connectivity index (χ2n) is 3.46. The minimum absolute atomic E-state index is 0.0139. The molecule has 0 radical (unpaired) electrons. The van der Waals surface area contributed by atoms with Crippen LogP contribution in [0, 0.1) is 9.49 Å². The van der Waals surface area contributed by atoms with E-state index >= 15 is 0 Å². The van der Waals surface area contributed by atoms with Gasteiger partial charge in [0, 0.05) is 10.1 Å². The third-order valence-corrected chi connectivity index (χ3v) is 2.96. The van der Waals surface area contributed by atoms with Gasteiger partial charge in [-0.05, 0) is 40.8 Å². The van der Waals surface area contributed by atoms with E-state index in [-0.39, 0.29) is 11.8 Å². The Morgan fingerprint density at radius 3 is 3.00 bits per heavy atom. The second kappa shape index (κ2) is 3.76. The van der Waals surface area contributed by atoms with Gasteiger partial charge in [0.05, 0.1) is 17.3 Å². The van der Waals surface area contributed by atoms with E-state index in [0.29, 0.717) is 6.54 Å². The maximum Gasteiger partial charge on any atom is 0.229 e. The summed E-state index contributed by atoms with van der Waals surface area (Å²) in [5, 5.41) is 6.15. The van der Waals surface area contributed by atoms with E-state index in [1.165, 1.54) is 0 Å². The molecule has 1 unspecified atom stereocenters. The number of fused-ring (bicyclic) bond motifs is 1. The van der Waals surface area contributed by atoms with E-state index < -0.39 is 0 Å². The van der Waals surface area contributed by atoms with Gasteiger partial charge in [-0.25, -0.2) is 0 Å². The zero-order valence-corrected chi connectivity index (χ0v) is 9.96. The van der Waals surface area contributed by atoms with Crippen LogP contribution >= 0.6 is 22.6 Å². The molecule has 1 amide bonds. The fourth-order valence-electron chi connectivity index (χ4n) is 1.39. The molecule has 1 aliphatic rings. The SMILES string of the molecule is CC1CNc2ccc(I)cc2NC1=O. The highest BCUT2D eigenvalue weighted by molar-refractivity contribution is 14.1. The van der Waals surface area contributed by atoms with Crippen LogP contribution in [0.4, 0.5) is 11.4 Å². The molecule has 2 rings (SSSR count). The van der Waals surface area contributed by atoms with Gasteiger partial charge in [-0.15, -0.1) is 0 Å². The van der Waals surface area contributed by atoms with E-state index in [1.54, 1.807) is 0 Å². The minimum Gasteiger partial charge on any atom is -0.383 e. The topological polar surface area (TPSA) is 41.1 Å². The van der Waals surface area contributed by atoms with Crippen molar-refractivity contribution in [2.75, 3.05) is 17.2 Å². The molecule has 0 spiro atoms. The molecule has 4 heteroatoms. The second-order valence-corrected chi connectivity index (χ2v) is 4.71. The first-order valence-electron chi connectivity index (χ1n) is 4.51. The van der Waals surface area contributed by atoms with E-state index in [4.69, 9.17) is 0 Å². The summed E-state index contributed by atoms with van der Waals surface area (Å²) in [6, 6.07) is 5.99. The summed E-state index contributed by atoms with van der Waals surface area (Å²) in [6.07, 6.45) is 0. The van der Waals surface area contributed by atoms with Crippen LogP contribution in [0.2, 0.25) is 0 Å². The molecule has 0 aromatic heterocycles. The Morgan fingerprint density at radius 2 is 2.21 bits per heavy atom. The Hall–Kier alpha value is -0.780. The number of benzene rings is 1. The van der Waals surface area contributed by atoms with Crippen molar-refractivity contribution in [1.29, 1.82) is 0 Å². The Bertz CT molecular complexity index is 378. The van der Waals surface area contributed by atoms with Crippen LogP contribution in [0.1, 0.15) is 6.92 Å². The summed E-state index contributed by atoms with van der Waals surface area (Å²) >= 11 is 2.23. The van der Waals surface area contributed by atoms with Crippen molar-refractivity contribution in [2.45, 2.75) is 6.92 Å². The first-order valence-corrected chi connectivity index (χ1v) is 5.59. The maximum atomic E-state index is 11.5. The van der Waals surface area contributed by atoms with Crippen LogP contribution in [-0.4, -0.2) is 12.5 Å². The van der Waals surface area contributed by atoms with Gasteiger partial charge >= 0.3 is 0 Å². The molecule has 3 nitrogen and oxygen atoms in total. The van der Waals surface area contributed by atoms with Crippen LogP contribution in [-0.2, 0) is 4.79 Å². The molecule has 0 saturated heterocycles. The highest BCUT2D eigenvalue weighted by Crippen LogP contribution is 2.26. The maximum absolute atomic E-state index is 11.5. The van der Waals surface area contributed by atoms with E-state index in [1.807, 2.05) is 25.1 Å². The molecule has 0 aliphatic carbocycles. The van der Waals surface area contributed by atoms with Crippen LogP contribution in [0.3, 0.4) is 0 Å². The third kappa shape index (κ3) is 1.84. The Labute approximate surface area is 96.4 Å². The number of nitrogens with one attached hydrogen (secondary N) is 2. The standard InChI is InChI=1S/C10H11IN2O/c1-6-5-12-8-3-2-7(11)4-9(8)13-10(6)14/h2-4,6,12H,5H2,1H3,(H,13,14). The summed E-state index contributed by atoms with van der Waals surface area (Å²) in [5.74, 6) is 0.0957. The van der Waals surface area contributed by atoms with E-state index in [2.05, 4.69) is 33.2 Å². The molecule has 0 saturated carbocycles. The molecule has 1 aliphatic heterocycles. The minimum atomic E-state index is 0.0139. The molecule has 1 atom stereocenters. The zero-order chi connectivity index (χ0) is 10.1. The summed E-state index contributed by atoms with van der Waals surface area (Å²) in [7, 11) is 0. The fraction of sp³-hybridized carbons (Fsp3) is 0.300. The molecule has 0 bridgehead atoms. The molecule has 1 heterocycles. The Kier molecular flexibility index (Phi) is 2.62. The molecule has 2 N–H and O–H groups in total. The predicted octanol–water partition coefficient (Wildman–Crippen LogP) is 2.29. The number of hydrogen-bond acceptors (Lipinski definition) is 2. The molecule has 1 aromatic rings. The van der Waals surface area contributed by atoms with Crippen molar-refractivity contribution in [3.8, 4) is 0 Å². The van der Waals surface area contributed by atoms with Crippen molar-refractivity contribution in [1.82, 2.24) is 0 Å². The van der Waals surface area contributed by atoms with Gasteiger partial charge in [-0.2, -0.15) is 0 Å². The fourth-order valence-corrected chi connectivity index (χ4v) is 1.88. The number of hydrogen-bond donors (Lipinski definition) is 2. The zero-order valence-electron chi connectivity index (χ0n) is 7.80. The highest BCUT2D eigenvalue weighted by Gasteiger charge is 2.18. The average molecular weight is 302 g/mol. The van der Waals surface area contributed by atoms with Gasteiger partial charge in [-0.3, -0.25) is 4.79 Å². The van der Waals surface area contributed by atoms with Gasteiger partial charge in [0.15, 0.2) is 0 Å². The lowest BCUT2D eigenvalue weighted by Gasteiger charge is -2.06. The lowest BCUT2D eigenvalue weighted by molar-refractivity contribution is -0.118. The van der Waals surface area contributed by atoms with Crippen molar-refractivity contribution in [3.63, 3.8) is 0 Å². The highest BCUT2D eigenvalue weighted by atomic mass is 127. The first-order chi connectivity index (χ1) is 6.66. The predicted molar refractivity (Wildman–Crippen MR) is 65.4 cm³/mol. The van der Waals surface area contributed by atoms with E-state index in [0.717, 1.165) is 14.9 Å². The molecular formula is C10H11IN2O. The number of carbonyl (C=O) groups excluding carboxylic acids is 1. The smallest absolute Gasteiger partial charge is 0.229 e. The van der Waals surface area contributed by atoms with Gasteiger partial charge in [-0.1, -0.05) is 6.92 Å². The molecule has 14 heavy (non-hydrogen) atoms. The van der Waals surface area contributed by atoms with Crippen molar-refractivity contribution in [2.24, 2.45) is 5.92 Å². The van der Waals surface area contributed by atoms with Gasteiger partial charge in [0.2, 0.25) is 5.91 Å².